The molecule has 1 aliphatic rings. The second-order valence-electron chi connectivity index (χ2n) is 5.72. The number of hydrogen-bond donors (Lipinski definition) is 2. The molecular weight excluding hydrogens is 374 g/mol. The van der Waals surface area contributed by atoms with Crippen LogP contribution >= 0.6 is 35.2 Å². The summed E-state index contributed by atoms with van der Waals surface area (Å²) in [6.45, 7) is 0.624. The highest BCUT2D eigenvalue weighted by Gasteiger charge is 2.29. The summed E-state index contributed by atoms with van der Waals surface area (Å²) in [7, 11) is 0. The zero-order valence-corrected chi connectivity index (χ0v) is 15.4. The third kappa shape index (κ3) is 3.20. The molecule has 4 nitrogen and oxygen atoms in total. The predicted octanol–water partition coefficient (Wildman–Crippen LogP) is 4.83. The molecule has 0 aliphatic carbocycles. The van der Waals surface area contributed by atoms with Crippen molar-refractivity contribution in [3.8, 4) is 0 Å². The molecule has 2 aromatic carbocycles. The maximum Gasteiger partial charge on any atom is 0.267 e. The van der Waals surface area contributed by atoms with Crippen molar-refractivity contribution in [1.29, 1.82) is 0 Å². The van der Waals surface area contributed by atoms with Crippen LogP contribution in [0.5, 0.6) is 0 Å². The molecule has 25 heavy (non-hydrogen) atoms. The largest absolute Gasteiger partial charge is 0.346 e. The highest BCUT2D eigenvalue weighted by molar-refractivity contribution is 7.73. The number of thiazole rings is 1. The number of fused-ring (bicyclic) bond motifs is 1. The summed E-state index contributed by atoms with van der Waals surface area (Å²) in [6.07, 6.45) is -0.316. The summed E-state index contributed by atoms with van der Waals surface area (Å²) in [6, 6.07) is 17.5. The van der Waals surface area contributed by atoms with Gasteiger partial charge in [-0.1, -0.05) is 65.4 Å². The van der Waals surface area contributed by atoms with Crippen molar-refractivity contribution in [2.75, 3.05) is 5.32 Å². The van der Waals surface area contributed by atoms with E-state index in [-0.39, 0.29) is 12.1 Å². The minimum absolute atomic E-state index is 0.114. The maximum atomic E-state index is 12.5. The summed E-state index contributed by atoms with van der Waals surface area (Å²) in [5.41, 5.74) is 2.07. The van der Waals surface area contributed by atoms with Crippen LogP contribution in [0.3, 0.4) is 0 Å². The number of anilines is 1. The molecule has 2 heterocycles. The minimum atomic E-state index is -0.316. The molecule has 1 unspecified atom stereocenters. The second-order valence-corrected chi connectivity index (χ2v) is 7.80. The summed E-state index contributed by atoms with van der Waals surface area (Å²) < 4.78 is 2.65. The average Bonchev–Trinajstić information content (AvgIpc) is 2.93. The molecule has 0 saturated carbocycles. The van der Waals surface area contributed by atoms with Gasteiger partial charge in [-0.25, -0.2) is 0 Å². The average molecular weight is 388 g/mol. The zero-order valence-electron chi connectivity index (χ0n) is 13.0. The smallest absolute Gasteiger partial charge is 0.267 e. The van der Waals surface area contributed by atoms with E-state index >= 15 is 0 Å². The number of carbonyl (C=O) groups is 1. The van der Waals surface area contributed by atoms with E-state index in [1.807, 2.05) is 59.2 Å². The predicted molar refractivity (Wildman–Crippen MR) is 104 cm³/mol. The Morgan fingerprint density at radius 1 is 1.08 bits per heavy atom. The van der Waals surface area contributed by atoms with Crippen molar-refractivity contribution >= 4 is 46.9 Å². The molecule has 3 aromatic rings. The number of halogens is 1. The first kappa shape index (κ1) is 16.3. The van der Waals surface area contributed by atoms with E-state index < -0.39 is 0 Å². The lowest BCUT2D eigenvalue weighted by Crippen LogP contribution is -2.38. The van der Waals surface area contributed by atoms with E-state index in [0.717, 1.165) is 16.9 Å². The van der Waals surface area contributed by atoms with Crippen LogP contribution in [0.15, 0.2) is 54.6 Å². The topological polar surface area (TPSA) is 46.1 Å². The van der Waals surface area contributed by atoms with Gasteiger partial charge in [-0.15, -0.1) is 0 Å². The Morgan fingerprint density at radius 3 is 2.52 bits per heavy atom. The van der Waals surface area contributed by atoms with Crippen molar-refractivity contribution in [3.63, 3.8) is 0 Å². The Kier molecular flexibility index (Phi) is 4.33. The molecule has 126 valence electrons. The molecule has 0 saturated heterocycles. The van der Waals surface area contributed by atoms with E-state index in [0.29, 0.717) is 20.4 Å². The van der Waals surface area contributed by atoms with Gasteiger partial charge in [0.2, 0.25) is 0 Å². The molecular formula is C18H14ClN3OS2. The standard InChI is InChI=1S/C18H14ClN3OS2/c19-13-8-6-12(7-9-13)15-20-16-14(17(23)21-15)25-18(24)22(16)10-11-4-2-1-3-5-11/h1-9,15,20H,10H2,(H,21,23). The van der Waals surface area contributed by atoms with Gasteiger partial charge in [0, 0.05) is 5.02 Å². The van der Waals surface area contributed by atoms with E-state index in [9.17, 15) is 4.79 Å². The first-order valence-corrected chi connectivity index (χ1v) is 9.32. The first-order chi connectivity index (χ1) is 12.1. The summed E-state index contributed by atoms with van der Waals surface area (Å²) in [4.78, 5) is 13.1. The van der Waals surface area contributed by atoms with Crippen LogP contribution < -0.4 is 10.6 Å². The number of amides is 1. The van der Waals surface area contributed by atoms with Gasteiger partial charge in [-0.3, -0.25) is 4.79 Å². The highest BCUT2D eigenvalue weighted by atomic mass is 35.5. The van der Waals surface area contributed by atoms with Gasteiger partial charge in [0.05, 0.1) is 6.54 Å². The van der Waals surface area contributed by atoms with Crippen LogP contribution in [0.4, 0.5) is 5.82 Å². The van der Waals surface area contributed by atoms with Crippen molar-refractivity contribution in [2.24, 2.45) is 0 Å². The van der Waals surface area contributed by atoms with Gasteiger partial charge in [-0.05, 0) is 35.5 Å². The first-order valence-electron chi connectivity index (χ1n) is 7.72. The van der Waals surface area contributed by atoms with Crippen LogP contribution in [-0.2, 0) is 6.54 Å². The van der Waals surface area contributed by atoms with Gasteiger partial charge in [0.1, 0.15) is 16.9 Å². The van der Waals surface area contributed by atoms with Crippen LogP contribution in [0.1, 0.15) is 27.0 Å². The number of rotatable bonds is 3. The number of nitrogens with one attached hydrogen (secondary N) is 2. The van der Waals surface area contributed by atoms with Crippen LogP contribution in [0.25, 0.3) is 0 Å². The van der Waals surface area contributed by atoms with Gasteiger partial charge < -0.3 is 15.2 Å². The van der Waals surface area contributed by atoms with Crippen molar-refractivity contribution < 1.29 is 4.79 Å². The summed E-state index contributed by atoms with van der Waals surface area (Å²) in [5.74, 6) is 0.652. The number of hydrogen-bond acceptors (Lipinski definition) is 4. The SMILES string of the molecule is O=C1NC(c2ccc(Cl)cc2)Nc2c1sc(=S)n2Cc1ccccc1. The number of carbonyl (C=O) groups excluding carboxylic acids is 1. The minimum Gasteiger partial charge on any atom is -0.346 e. The van der Waals surface area contributed by atoms with Crippen molar-refractivity contribution in [2.45, 2.75) is 12.7 Å². The molecule has 0 spiro atoms. The summed E-state index contributed by atoms with van der Waals surface area (Å²) >= 11 is 12.8. The quantitative estimate of drug-likeness (QED) is 0.632. The number of nitrogens with zero attached hydrogens (tertiary/aromatic N) is 1. The third-order valence-corrected chi connectivity index (χ3v) is 5.74. The number of benzene rings is 2. The Bertz CT molecular complexity index is 980. The van der Waals surface area contributed by atoms with Crippen LogP contribution in [0, 0.1) is 3.95 Å². The Balaban J connectivity index is 1.71. The molecule has 2 N–H and O–H groups in total. The van der Waals surface area contributed by atoms with Crippen molar-refractivity contribution in [1.82, 2.24) is 9.88 Å². The van der Waals surface area contributed by atoms with Gasteiger partial charge in [0.15, 0.2) is 3.95 Å². The van der Waals surface area contributed by atoms with E-state index in [2.05, 4.69) is 10.6 Å². The molecule has 1 amide bonds. The molecule has 0 radical (unpaired) electrons. The fourth-order valence-corrected chi connectivity index (χ4v) is 4.19. The number of aromatic nitrogens is 1. The Hall–Kier alpha value is -2.15. The van der Waals surface area contributed by atoms with E-state index in [1.165, 1.54) is 11.3 Å². The van der Waals surface area contributed by atoms with Crippen LogP contribution in [0.2, 0.25) is 5.02 Å². The van der Waals surface area contributed by atoms with Gasteiger partial charge in [0.25, 0.3) is 5.91 Å². The van der Waals surface area contributed by atoms with Gasteiger partial charge in [-0.2, -0.15) is 0 Å². The normalized spacial score (nSPS) is 16.0. The Morgan fingerprint density at radius 2 is 1.80 bits per heavy atom. The maximum absolute atomic E-state index is 12.5. The van der Waals surface area contributed by atoms with Crippen molar-refractivity contribution in [3.05, 3.63) is 79.6 Å². The molecule has 0 bridgehead atoms. The lowest BCUT2D eigenvalue weighted by molar-refractivity contribution is 0.0939. The molecule has 1 aliphatic heterocycles. The molecule has 1 aromatic heterocycles. The molecule has 4 rings (SSSR count). The van der Waals surface area contributed by atoms with E-state index in [1.54, 1.807) is 0 Å². The molecule has 0 fully saturated rings. The van der Waals surface area contributed by atoms with E-state index in [4.69, 9.17) is 23.8 Å². The van der Waals surface area contributed by atoms with Crippen LogP contribution in [-0.4, -0.2) is 10.5 Å². The fraction of sp³-hybridized carbons (Fsp3) is 0.111. The molecule has 1 atom stereocenters. The second kappa shape index (κ2) is 6.63. The lowest BCUT2D eigenvalue weighted by Gasteiger charge is -2.27. The highest BCUT2D eigenvalue weighted by Crippen LogP contribution is 2.32. The lowest BCUT2D eigenvalue weighted by atomic mass is 10.1. The molecule has 7 heteroatoms. The fourth-order valence-electron chi connectivity index (χ4n) is 2.80. The Labute approximate surface area is 159 Å². The monoisotopic (exact) mass is 387 g/mol. The summed E-state index contributed by atoms with van der Waals surface area (Å²) in [5, 5.41) is 7.04. The van der Waals surface area contributed by atoms with Gasteiger partial charge >= 0.3 is 0 Å². The third-order valence-electron chi connectivity index (χ3n) is 4.04. The zero-order chi connectivity index (χ0) is 17.4.